The second kappa shape index (κ2) is 4.98. The lowest BCUT2D eigenvalue weighted by Crippen LogP contribution is -2.34. The first-order valence-corrected chi connectivity index (χ1v) is 5.73. The van der Waals surface area contributed by atoms with Gasteiger partial charge in [0.2, 0.25) is 5.91 Å². The Bertz CT molecular complexity index is 460. The molecule has 1 amide bonds. The third kappa shape index (κ3) is 3.05. The highest BCUT2D eigenvalue weighted by atomic mass is 16.1. The Kier molecular flexibility index (Phi) is 3.40. The molecule has 1 fully saturated rings. The zero-order valence-corrected chi connectivity index (χ0v) is 9.52. The van der Waals surface area contributed by atoms with E-state index in [-0.39, 0.29) is 0 Å². The molecule has 0 bridgehead atoms. The number of hydrogen-bond acceptors (Lipinski definition) is 3. The van der Waals surface area contributed by atoms with Gasteiger partial charge in [0, 0.05) is 0 Å². The first-order valence-electron chi connectivity index (χ1n) is 5.73. The Balaban J connectivity index is 2.12. The summed E-state index contributed by atoms with van der Waals surface area (Å²) in [6, 6.07) is 8.56. The van der Waals surface area contributed by atoms with E-state index in [4.69, 9.17) is 11.0 Å². The number of rotatable bonds is 5. The Morgan fingerprint density at radius 2 is 2.35 bits per heavy atom. The summed E-state index contributed by atoms with van der Waals surface area (Å²) in [6.07, 6.45) is 2.44. The van der Waals surface area contributed by atoms with E-state index in [1.54, 1.807) is 18.2 Å². The molecule has 1 unspecified atom stereocenters. The van der Waals surface area contributed by atoms with Gasteiger partial charge in [-0.3, -0.25) is 4.79 Å². The molecule has 0 saturated heterocycles. The second-order valence-corrected chi connectivity index (χ2v) is 4.42. The molecule has 0 heterocycles. The molecule has 3 N–H and O–H groups in total. The van der Waals surface area contributed by atoms with Crippen LogP contribution in [0.3, 0.4) is 0 Å². The third-order valence-corrected chi connectivity index (χ3v) is 2.94. The summed E-state index contributed by atoms with van der Waals surface area (Å²) in [4.78, 5) is 11.4. The highest BCUT2D eigenvalue weighted by Crippen LogP contribution is 2.28. The van der Waals surface area contributed by atoms with Gasteiger partial charge in [-0.1, -0.05) is 12.1 Å². The average Bonchev–Trinajstić information content (AvgIpc) is 3.13. The van der Waals surface area contributed by atoms with E-state index in [2.05, 4.69) is 11.4 Å². The molecule has 2 rings (SSSR count). The maximum absolute atomic E-state index is 11.4. The van der Waals surface area contributed by atoms with Crippen LogP contribution in [0, 0.1) is 17.2 Å². The monoisotopic (exact) mass is 229 g/mol. The SMILES string of the molecule is N#Cc1cccc(C(NCC2CC2)C(N)=O)c1. The maximum atomic E-state index is 11.4. The van der Waals surface area contributed by atoms with Crippen molar-refractivity contribution in [2.75, 3.05) is 6.54 Å². The fraction of sp³-hybridized carbons (Fsp3) is 0.385. The predicted octanol–water partition coefficient (Wildman–Crippen LogP) is 1.08. The Labute approximate surface area is 100 Å². The smallest absolute Gasteiger partial charge is 0.239 e. The van der Waals surface area contributed by atoms with E-state index >= 15 is 0 Å². The lowest BCUT2D eigenvalue weighted by atomic mass is 10.0. The summed E-state index contributed by atoms with van der Waals surface area (Å²) in [6.45, 7) is 0.810. The number of nitriles is 1. The lowest BCUT2D eigenvalue weighted by Gasteiger charge is -2.15. The molecule has 4 nitrogen and oxygen atoms in total. The molecule has 1 aromatic rings. The molecule has 0 aliphatic heterocycles. The second-order valence-electron chi connectivity index (χ2n) is 4.42. The molecule has 0 spiro atoms. The zero-order chi connectivity index (χ0) is 12.3. The van der Waals surface area contributed by atoms with E-state index in [1.165, 1.54) is 12.8 Å². The maximum Gasteiger partial charge on any atom is 0.239 e. The average molecular weight is 229 g/mol. The number of primary amides is 1. The Morgan fingerprint density at radius 1 is 1.59 bits per heavy atom. The molecule has 17 heavy (non-hydrogen) atoms. The van der Waals surface area contributed by atoms with Crippen LogP contribution in [0.2, 0.25) is 0 Å². The lowest BCUT2D eigenvalue weighted by molar-refractivity contribution is -0.120. The number of nitrogens with one attached hydrogen (secondary N) is 1. The molecular weight excluding hydrogens is 214 g/mol. The molecule has 1 aliphatic rings. The molecule has 88 valence electrons. The van der Waals surface area contributed by atoms with Crippen LogP contribution in [0.15, 0.2) is 24.3 Å². The summed E-state index contributed by atoms with van der Waals surface area (Å²) in [5, 5.41) is 12.0. The largest absolute Gasteiger partial charge is 0.368 e. The van der Waals surface area contributed by atoms with E-state index in [0.717, 1.165) is 12.1 Å². The van der Waals surface area contributed by atoms with Crippen LogP contribution in [0.1, 0.15) is 30.0 Å². The van der Waals surface area contributed by atoms with Crippen molar-refractivity contribution in [3.63, 3.8) is 0 Å². The van der Waals surface area contributed by atoms with Gasteiger partial charge >= 0.3 is 0 Å². The Hall–Kier alpha value is -1.86. The van der Waals surface area contributed by atoms with Gasteiger partial charge in [0.15, 0.2) is 0 Å². The summed E-state index contributed by atoms with van der Waals surface area (Å²) in [5.41, 5.74) is 6.69. The summed E-state index contributed by atoms with van der Waals surface area (Å²) in [7, 11) is 0. The third-order valence-electron chi connectivity index (χ3n) is 2.94. The summed E-state index contributed by atoms with van der Waals surface area (Å²) < 4.78 is 0. The van der Waals surface area contributed by atoms with E-state index in [1.807, 2.05) is 6.07 Å². The number of hydrogen-bond donors (Lipinski definition) is 2. The molecule has 1 aromatic carbocycles. The first-order chi connectivity index (χ1) is 8.20. The van der Waals surface area contributed by atoms with Crippen LogP contribution in [0.5, 0.6) is 0 Å². The summed E-state index contributed by atoms with van der Waals surface area (Å²) in [5.74, 6) is 0.275. The standard InChI is InChI=1S/C13H15N3O/c14-7-10-2-1-3-11(6-10)12(13(15)17)16-8-9-4-5-9/h1-3,6,9,12,16H,4-5,8H2,(H2,15,17). The normalized spacial score (nSPS) is 16.2. The molecule has 1 saturated carbocycles. The van der Waals surface area contributed by atoms with Crippen molar-refractivity contribution in [1.82, 2.24) is 5.32 Å². The predicted molar refractivity (Wildman–Crippen MR) is 63.8 cm³/mol. The van der Waals surface area contributed by atoms with Crippen molar-refractivity contribution in [1.29, 1.82) is 5.26 Å². The van der Waals surface area contributed by atoms with Crippen LogP contribution in [0.4, 0.5) is 0 Å². The number of carbonyl (C=O) groups excluding carboxylic acids is 1. The molecule has 0 radical (unpaired) electrons. The number of nitrogens with zero attached hydrogens (tertiary/aromatic N) is 1. The van der Waals surface area contributed by atoms with Crippen LogP contribution in [-0.4, -0.2) is 12.5 Å². The van der Waals surface area contributed by atoms with Crippen molar-refractivity contribution in [2.45, 2.75) is 18.9 Å². The Morgan fingerprint density at radius 3 is 2.94 bits per heavy atom. The van der Waals surface area contributed by atoms with Gasteiger partial charge in [-0.25, -0.2) is 0 Å². The van der Waals surface area contributed by atoms with Crippen LogP contribution in [-0.2, 0) is 4.79 Å². The molecule has 0 aromatic heterocycles. The van der Waals surface area contributed by atoms with E-state index in [9.17, 15) is 4.79 Å². The number of carbonyl (C=O) groups is 1. The van der Waals surface area contributed by atoms with Gasteiger partial charge in [0.05, 0.1) is 11.6 Å². The van der Waals surface area contributed by atoms with Crippen molar-refractivity contribution < 1.29 is 4.79 Å². The van der Waals surface area contributed by atoms with E-state index in [0.29, 0.717) is 11.5 Å². The zero-order valence-electron chi connectivity index (χ0n) is 9.52. The van der Waals surface area contributed by atoms with Gasteiger partial charge < -0.3 is 11.1 Å². The van der Waals surface area contributed by atoms with Gasteiger partial charge in [-0.05, 0) is 43.0 Å². The minimum Gasteiger partial charge on any atom is -0.368 e. The van der Waals surface area contributed by atoms with Crippen LogP contribution < -0.4 is 11.1 Å². The van der Waals surface area contributed by atoms with Crippen molar-refractivity contribution >= 4 is 5.91 Å². The fourth-order valence-corrected chi connectivity index (χ4v) is 1.78. The number of nitrogens with two attached hydrogens (primary N) is 1. The number of benzene rings is 1. The number of amides is 1. The van der Waals surface area contributed by atoms with Crippen molar-refractivity contribution in [3.05, 3.63) is 35.4 Å². The van der Waals surface area contributed by atoms with Gasteiger partial charge in [-0.2, -0.15) is 5.26 Å². The fourth-order valence-electron chi connectivity index (χ4n) is 1.78. The van der Waals surface area contributed by atoms with Gasteiger partial charge in [-0.15, -0.1) is 0 Å². The topological polar surface area (TPSA) is 78.9 Å². The molecule has 4 heteroatoms. The highest BCUT2D eigenvalue weighted by Gasteiger charge is 2.24. The van der Waals surface area contributed by atoms with Crippen LogP contribution >= 0.6 is 0 Å². The molecular formula is C13H15N3O. The van der Waals surface area contributed by atoms with Crippen molar-refractivity contribution in [2.24, 2.45) is 11.7 Å². The van der Waals surface area contributed by atoms with Gasteiger partial charge in [0.25, 0.3) is 0 Å². The highest BCUT2D eigenvalue weighted by molar-refractivity contribution is 5.81. The summed E-state index contributed by atoms with van der Waals surface area (Å²) >= 11 is 0. The molecule has 1 aliphatic carbocycles. The van der Waals surface area contributed by atoms with E-state index < -0.39 is 11.9 Å². The first kappa shape index (κ1) is 11.6. The minimum atomic E-state index is -0.496. The van der Waals surface area contributed by atoms with Crippen molar-refractivity contribution in [3.8, 4) is 6.07 Å². The molecule has 1 atom stereocenters. The van der Waals surface area contributed by atoms with Crippen LogP contribution in [0.25, 0.3) is 0 Å². The van der Waals surface area contributed by atoms with Gasteiger partial charge in [0.1, 0.15) is 6.04 Å². The minimum absolute atomic E-state index is 0.402. The quantitative estimate of drug-likeness (QED) is 0.793.